The van der Waals surface area contributed by atoms with Crippen molar-refractivity contribution in [3.8, 4) is 5.88 Å². The van der Waals surface area contributed by atoms with Crippen molar-refractivity contribution in [3.05, 3.63) is 12.4 Å². The van der Waals surface area contributed by atoms with Crippen LogP contribution in [0.15, 0.2) is 12.4 Å². The second-order valence-electron chi connectivity index (χ2n) is 6.29. The molecule has 6 nitrogen and oxygen atoms in total. The molecule has 0 aromatic carbocycles. The standard InChI is InChI=1S/C15H25N3O3/c1-5-6-21-13-10-16-9-12(18-13)17-11(7-14(19)20)8-15(2,3)4/h9-11H,5-8H2,1-4H3,(H,17,18)(H,19,20). The third kappa shape index (κ3) is 7.48. The molecule has 1 rings (SSSR count). The molecule has 0 fully saturated rings. The van der Waals surface area contributed by atoms with E-state index in [1.807, 2.05) is 6.92 Å². The van der Waals surface area contributed by atoms with E-state index in [4.69, 9.17) is 9.84 Å². The Morgan fingerprint density at radius 3 is 2.71 bits per heavy atom. The molecule has 1 heterocycles. The molecule has 0 saturated carbocycles. The average molecular weight is 295 g/mol. The number of aliphatic carboxylic acids is 1. The van der Waals surface area contributed by atoms with E-state index in [-0.39, 0.29) is 17.9 Å². The van der Waals surface area contributed by atoms with Gasteiger partial charge in [-0.15, -0.1) is 0 Å². The zero-order valence-corrected chi connectivity index (χ0v) is 13.2. The summed E-state index contributed by atoms with van der Waals surface area (Å²) in [5.41, 5.74) is 0.0247. The van der Waals surface area contributed by atoms with Crippen LogP contribution < -0.4 is 10.1 Å². The quantitative estimate of drug-likeness (QED) is 0.767. The van der Waals surface area contributed by atoms with Crippen molar-refractivity contribution in [2.75, 3.05) is 11.9 Å². The summed E-state index contributed by atoms with van der Waals surface area (Å²) in [5.74, 6) is 0.161. The fourth-order valence-electron chi connectivity index (χ4n) is 2.03. The topological polar surface area (TPSA) is 84.3 Å². The first-order valence-corrected chi connectivity index (χ1v) is 7.23. The van der Waals surface area contributed by atoms with Crippen LogP contribution in [0.2, 0.25) is 0 Å². The summed E-state index contributed by atoms with van der Waals surface area (Å²) < 4.78 is 5.43. The fraction of sp³-hybridized carbons (Fsp3) is 0.667. The summed E-state index contributed by atoms with van der Waals surface area (Å²) >= 11 is 0. The summed E-state index contributed by atoms with van der Waals surface area (Å²) in [6.45, 7) is 8.84. The van der Waals surface area contributed by atoms with Crippen LogP contribution in [0.3, 0.4) is 0 Å². The highest BCUT2D eigenvalue weighted by molar-refractivity contribution is 5.68. The zero-order valence-electron chi connectivity index (χ0n) is 13.2. The number of nitrogens with one attached hydrogen (secondary N) is 1. The van der Waals surface area contributed by atoms with E-state index in [9.17, 15) is 4.79 Å². The largest absolute Gasteiger partial charge is 0.481 e. The van der Waals surface area contributed by atoms with Gasteiger partial charge in [0.2, 0.25) is 5.88 Å². The molecular formula is C15H25N3O3. The van der Waals surface area contributed by atoms with Crippen LogP contribution in [0.4, 0.5) is 5.82 Å². The highest BCUT2D eigenvalue weighted by Gasteiger charge is 2.21. The Kier molecular flexibility index (Phi) is 6.39. The predicted molar refractivity (Wildman–Crippen MR) is 81.6 cm³/mol. The van der Waals surface area contributed by atoms with Crippen molar-refractivity contribution in [3.63, 3.8) is 0 Å². The molecule has 118 valence electrons. The first-order chi connectivity index (χ1) is 9.80. The van der Waals surface area contributed by atoms with E-state index in [1.54, 1.807) is 12.4 Å². The number of nitrogens with zero attached hydrogens (tertiary/aromatic N) is 2. The number of hydrogen-bond acceptors (Lipinski definition) is 5. The molecule has 1 unspecified atom stereocenters. The van der Waals surface area contributed by atoms with Gasteiger partial charge in [-0.25, -0.2) is 0 Å². The second kappa shape index (κ2) is 7.81. The Morgan fingerprint density at radius 1 is 1.43 bits per heavy atom. The Hall–Kier alpha value is -1.85. The van der Waals surface area contributed by atoms with Crippen LogP contribution in [-0.4, -0.2) is 33.7 Å². The molecule has 0 radical (unpaired) electrons. The van der Waals surface area contributed by atoms with Crippen LogP contribution in [0, 0.1) is 5.41 Å². The summed E-state index contributed by atoms with van der Waals surface area (Å²) in [6, 6.07) is -0.196. The summed E-state index contributed by atoms with van der Waals surface area (Å²) in [7, 11) is 0. The van der Waals surface area contributed by atoms with Crippen molar-refractivity contribution < 1.29 is 14.6 Å². The lowest BCUT2D eigenvalue weighted by molar-refractivity contribution is -0.137. The molecular weight excluding hydrogens is 270 g/mol. The summed E-state index contributed by atoms with van der Waals surface area (Å²) in [4.78, 5) is 19.4. The van der Waals surface area contributed by atoms with Crippen LogP contribution >= 0.6 is 0 Å². The number of anilines is 1. The Labute approximate surface area is 126 Å². The van der Waals surface area contributed by atoms with Crippen LogP contribution in [0.1, 0.15) is 47.0 Å². The Balaban J connectivity index is 2.75. The molecule has 0 spiro atoms. The van der Waals surface area contributed by atoms with Crippen LogP contribution in [-0.2, 0) is 4.79 Å². The fourth-order valence-corrected chi connectivity index (χ4v) is 2.03. The first-order valence-electron chi connectivity index (χ1n) is 7.23. The average Bonchev–Trinajstić information content (AvgIpc) is 2.34. The van der Waals surface area contributed by atoms with E-state index < -0.39 is 5.97 Å². The lowest BCUT2D eigenvalue weighted by atomic mass is 9.87. The molecule has 6 heteroatoms. The van der Waals surface area contributed by atoms with Gasteiger partial charge in [-0.05, 0) is 18.3 Å². The van der Waals surface area contributed by atoms with E-state index in [1.165, 1.54) is 0 Å². The molecule has 0 aliphatic heterocycles. The van der Waals surface area contributed by atoms with Crippen molar-refractivity contribution in [1.29, 1.82) is 0 Å². The van der Waals surface area contributed by atoms with E-state index >= 15 is 0 Å². The van der Waals surface area contributed by atoms with Gasteiger partial charge < -0.3 is 15.2 Å². The first kappa shape index (κ1) is 17.2. The number of hydrogen-bond donors (Lipinski definition) is 2. The van der Waals surface area contributed by atoms with Gasteiger partial charge in [0.05, 0.1) is 25.4 Å². The Bertz CT molecular complexity index is 458. The molecule has 0 amide bonds. The molecule has 2 N–H and O–H groups in total. The number of carboxylic acids is 1. The third-order valence-corrected chi connectivity index (χ3v) is 2.70. The molecule has 1 atom stereocenters. The minimum atomic E-state index is -0.830. The highest BCUT2D eigenvalue weighted by Crippen LogP contribution is 2.24. The molecule has 21 heavy (non-hydrogen) atoms. The third-order valence-electron chi connectivity index (χ3n) is 2.70. The maximum absolute atomic E-state index is 11.0. The normalized spacial score (nSPS) is 12.8. The van der Waals surface area contributed by atoms with E-state index in [0.29, 0.717) is 18.3 Å². The van der Waals surface area contributed by atoms with Crippen LogP contribution in [0.25, 0.3) is 0 Å². The molecule has 1 aromatic rings. The Morgan fingerprint density at radius 2 is 2.14 bits per heavy atom. The lowest BCUT2D eigenvalue weighted by Crippen LogP contribution is -2.28. The molecule has 0 aliphatic rings. The lowest BCUT2D eigenvalue weighted by Gasteiger charge is -2.26. The van der Waals surface area contributed by atoms with Crippen molar-refractivity contribution in [2.45, 2.75) is 53.0 Å². The summed E-state index contributed by atoms with van der Waals surface area (Å²) in [6.07, 6.45) is 4.79. The van der Waals surface area contributed by atoms with Gasteiger partial charge in [0, 0.05) is 6.04 Å². The van der Waals surface area contributed by atoms with Crippen molar-refractivity contribution >= 4 is 11.8 Å². The SMILES string of the molecule is CCCOc1cncc(NC(CC(=O)O)CC(C)(C)C)n1. The molecule has 0 bridgehead atoms. The van der Waals surface area contributed by atoms with Gasteiger partial charge >= 0.3 is 5.97 Å². The smallest absolute Gasteiger partial charge is 0.305 e. The zero-order chi connectivity index (χ0) is 15.9. The van der Waals surface area contributed by atoms with E-state index in [2.05, 4.69) is 36.1 Å². The van der Waals surface area contributed by atoms with Crippen LogP contribution in [0.5, 0.6) is 5.88 Å². The second-order valence-corrected chi connectivity index (χ2v) is 6.29. The summed E-state index contributed by atoms with van der Waals surface area (Å²) in [5, 5.41) is 12.2. The minimum absolute atomic E-state index is 0.0247. The maximum atomic E-state index is 11.0. The van der Waals surface area contributed by atoms with Gasteiger partial charge in [-0.2, -0.15) is 4.98 Å². The van der Waals surface area contributed by atoms with Gasteiger partial charge in [0.1, 0.15) is 5.82 Å². The van der Waals surface area contributed by atoms with Gasteiger partial charge in [-0.3, -0.25) is 9.78 Å². The number of ether oxygens (including phenoxy) is 1. The van der Waals surface area contributed by atoms with Gasteiger partial charge in [0.15, 0.2) is 0 Å². The highest BCUT2D eigenvalue weighted by atomic mass is 16.5. The number of rotatable bonds is 8. The van der Waals surface area contributed by atoms with E-state index in [0.717, 1.165) is 12.8 Å². The van der Waals surface area contributed by atoms with Gasteiger partial charge in [0.25, 0.3) is 0 Å². The molecule has 0 saturated heterocycles. The number of aromatic nitrogens is 2. The molecule has 0 aliphatic carbocycles. The van der Waals surface area contributed by atoms with Gasteiger partial charge in [-0.1, -0.05) is 27.7 Å². The number of carbonyl (C=O) groups is 1. The monoisotopic (exact) mass is 295 g/mol. The van der Waals surface area contributed by atoms with Crippen molar-refractivity contribution in [1.82, 2.24) is 9.97 Å². The maximum Gasteiger partial charge on any atom is 0.305 e. The minimum Gasteiger partial charge on any atom is -0.481 e. The molecule has 1 aromatic heterocycles. The van der Waals surface area contributed by atoms with Crippen molar-refractivity contribution in [2.24, 2.45) is 5.41 Å². The number of carboxylic acid groups (broad SMARTS) is 1. The predicted octanol–water partition coefficient (Wildman–Crippen LogP) is 2.96.